The molecule has 0 radical (unpaired) electrons. The van der Waals surface area contributed by atoms with Crippen molar-refractivity contribution in [1.82, 2.24) is 0 Å². The van der Waals surface area contributed by atoms with Crippen molar-refractivity contribution < 1.29 is 9.47 Å². The minimum atomic E-state index is 0.609. The summed E-state index contributed by atoms with van der Waals surface area (Å²) in [7, 11) is 3.44. The highest BCUT2D eigenvalue weighted by atomic mass is 16.5. The molecule has 0 heterocycles. The second-order valence-corrected chi connectivity index (χ2v) is 7.45. The van der Waals surface area contributed by atoms with Crippen LogP contribution in [0.2, 0.25) is 0 Å². The van der Waals surface area contributed by atoms with Crippen molar-refractivity contribution >= 4 is 17.1 Å². The number of methoxy groups -OCH3 is 2. The Balaban J connectivity index is 1.71. The van der Waals surface area contributed by atoms with Crippen molar-refractivity contribution in [1.29, 1.82) is 0 Å². The number of hydrogen-bond donors (Lipinski definition) is 0. The zero-order valence-electron chi connectivity index (χ0n) is 18.0. The first kappa shape index (κ1) is 20.9. The first-order chi connectivity index (χ1) is 15.3. The largest absolute Gasteiger partial charge is 0.380 e. The predicted molar refractivity (Wildman–Crippen MR) is 128 cm³/mol. The summed E-state index contributed by atoms with van der Waals surface area (Å²) in [5.74, 6) is 0. The highest BCUT2D eigenvalue weighted by molar-refractivity contribution is 5.78. The maximum Gasteiger partial charge on any atom is 0.0713 e. The van der Waals surface area contributed by atoms with E-state index in [1.165, 1.54) is 11.1 Å². The Hall–Kier alpha value is -3.40. The van der Waals surface area contributed by atoms with Crippen LogP contribution in [-0.4, -0.2) is 14.2 Å². The highest BCUT2D eigenvalue weighted by Crippen LogP contribution is 2.35. The van der Waals surface area contributed by atoms with Gasteiger partial charge in [-0.25, -0.2) is 0 Å². The molecular formula is C28H27NO2. The van der Waals surface area contributed by atoms with Crippen molar-refractivity contribution in [2.24, 2.45) is 0 Å². The summed E-state index contributed by atoms with van der Waals surface area (Å²) in [6, 6.07) is 36.2. The zero-order chi connectivity index (χ0) is 21.5. The summed E-state index contributed by atoms with van der Waals surface area (Å²) in [5, 5.41) is 0. The molecule has 0 aliphatic carbocycles. The van der Waals surface area contributed by atoms with Gasteiger partial charge in [0, 0.05) is 31.3 Å². The molecule has 0 fully saturated rings. The van der Waals surface area contributed by atoms with Gasteiger partial charge >= 0.3 is 0 Å². The lowest BCUT2D eigenvalue weighted by Gasteiger charge is -2.26. The SMILES string of the molecule is COCc1ccc(N(c2ccc(COC)cc2)c2ccc(-c3ccccc3)cc2)cc1. The molecular weight excluding hydrogens is 382 g/mol. The third kappa shape index (κ3) is 5.02. The molecule has 0 aromatic heterocycles. The Morgan fingerprint density at radius 3 is 1.29 bits per heavy atom. The Labute approximate surface area is 184 Å². The van der Waals surface area contributed by atoms with Gasteiger partial charge in [-0.2, -0.15) is 0 Å². The van der Waals surface area contributed by atoms with Gasteiger partial charge in [0.15, 0.2) is 0 Å². The van der Waals surface area contributed by atoms with Crippen molar-refractivity contribution in [3.8, 4) is 11.1 Å². The van der Waals surface area contributed by atoms with Crippen LogP contribution in [0.5, 0.6) is 0 Å². The quantitative estimate of drug-likeness (QED) is 0.309. The summed E-state index contributed by atoms with van der Waals surface area (Å²) in [4.78, 5) is 2.27. The number of hydrogen-bond acceptors (Lipinski definition) is 3. The Kier molecular flexibility index (Phi) is 6.78. The molecule has 4 rings (SSSR count). The molecule has 0 atom stereocenters. The molecule has 0 amide bonds. The zero-order valence-corrected chi connectivity index (χ0v) is 18.0. The van der Waals surface area contributed by atoms with Crippen molar-refractivity contribution in [3.63, 3.8) is 0 Å². The molecule has 0 aliphatic heterocycles. The predicted octanol–water partition coefficient (Wildman–Crippen LogP) is 7.12. The van der Waals surface area contributed by atoms with E-state index >= 15 is 0 Å². The monoisotopic (exact) mass is 409 g/mol. The molecule has 0 N–H and O–H groups in total. The summed E-state index contributed by atoms with van der Waals surface area (Å²) >= 11 is 0. The lowest BCUT2D eigenvalue weighted by atomic mass is 10.0. The molecule has 156 valence electrons. The van der Waals surface area contributed by atoms with E-state index in [1.54, 1.807) is 14.2 Å². The highest BCUT2D eigenvalue weighted by Gasteiger charge is 2.13. The number of nitrogens with zero attached hydrogens (tertiary/aromatic N) is 1. The number of anilines is 3. The molecule has 4 aromatic rings. The fourth-order valence-electron chi connectivity index (χ4n) is 3.70. The van der Waals surface area contributed by atoms with Crippen LogP contribution in [0.3, 0.4) is 0 Å². The molecule has 0 aliphatic rings. The molecule has 0 saturated heterocycles. The lowest BCUT2D eigenvalue weighted by molar-refractivity contribution is 0.185. The average Bonchev–Trinajstić information content (AvgIpc) is 2.83. The number of benzene rings is 4. The summed E-state index contributed by atoms with van der Waals surface area (Å²) in [6.45, 7) is 1.22. The second kappa shape index (κ2) is 10.1. The van der Waals surface area contributed by atoms with E-state index in [4.69, 9.17) is 9.47 Å². The van der Waals surface area contributed by atoms with Crippen LogP contribution in [0, 0.1) is 0 Å². The smallest absolute Gasteiger partial charge is 0.0713 e. The van der Waals surface area contributed by atoms with E-state index in [-0.39, 0.29) is 0 Å². The average molecular weight is 410 g/mol. The lowest BCUT2D eigenvalue weighted by Crippen LogP contribution is -2.10. The van der Waals surface area contributed by atoms with Gasteiger partial charge in [-0.15, -0.1) is 0 Å². The molecule has 0 bridgehead atoms. The van der Waals surface area contributed by atoms with E-state index in [1.807, 2.05) is 6.07 Å². The van der Waals surface area contributed by atoms with E-state index in [0.29, 0.717) is 13.2 Å². The maximum atomic E-state index is 5.26. The second-order valence-electron chi connectivity index (χ2n) is 7.45. The normalized spacial score (nSPS) is 10.8. The van der Waals surface area contributed by atoms with Crippen LogP contribution in [0.4, 0.5) is 17.1 Å². The Morgan fingerprint density at radius 1 is 0.484 bits per heavy atom. The first-order valence-electron chi connectivity index (χ1n) is 10.4. The van der Waals surface area contributed by atoms with Gasteiger partial charge in [0.25, 0.3) is 0 Å². The third-order valence-electron chi connectivity index (χ3n) is 5.24. The van der Waals surface area contributed by atoms with Crippen molar-refractivity contribution in [3.05, 3.63) is 114 Å². The van der Waals surface area contributed by atoms with Gasteiger partial charge in [0.05, 0.1) is 13.2 Å². The van der Waals surface area contributed by atoms with Gasteiger partial charge in [-0.1, -0.05) is 66.7 Å². The van der Waals surface area contributed by atoms with Crippen molar-refractivity contribution in [2.75, 3.05) is 19.1 Å². The minimum absolute atomic E-state index is 0.609. The molecule has 31 heavy (non-hydrogen) atoms. The Morgan fingerprint density at radius 2 is 0.871 bits per heavy atom. The van der Waals surface area contributed by atoms with Crippen LogP contribution in [-0.2, 0) is 22.7 Å². The van der Waals surface area contributed by atoms with Crippen LogP contribution >= 0.6 is 0 Å². The molecule has 4 aromatic carbocycles. The molecule has 0 spiro atoms. The van der Waals surface area contributed by atoms with Crippen LogP contribution in [0.1, 0.15) is 11.1 Å². The molecule has 3 nitrogen and oxygen atoms in total. The van der Waals surface area contributed by atoms with Crippen molar-refractivity contribution in [2.45, 2.75) is 13.2 Å². The van der Waals surface area contributed by atoms with Gasteiger partial charge < -0.3 is 14.4 Å². The number of rotatable bonds is 8. The first-order valence-corrected chi connectivity index (χ1v) is 10.4. The van der Waals surface area contributed by atoms with E-state index < -0.39 is 0 Å². The summed E-state index contributed by atoms with van der Waals surface area (Å²) < 4.78 is 10.5. The van der Waals surface area contributed by atoms with Gasteiger partial charge in [-0.05, 0) is 58.7 Å². The molecule has 0 saturated carbocycles. The summed E-state index contributed by atoms with van der Waals surface area (Å²) in [5.41, 5.74) is 8.04. The van der Waals surface area contributed by atoms with Crippen LogP contribution in [0.25, 0.3) is 11.1 Å². The fourth-order valence-corrected chi connectivity index (χ4v) is 3.70. The Bertz CT molecular complexity index is 1020. The third-order valence-corrected chi connectivity index (χ3v) is 5.24. The number of ether oxygens (including phenoxy) is 2. The van der Waals surface area contributed by atoms with Crippen LogP contribution < -0.4 is 4.90 Å². The van der Waals surface area contributed by atoms with Gasteiger partial charge in [0.2, 0.25) is 0 Å². The van der Waals surface area contributed by atoms with Gasteiger partial charge in [0.1, 0.15) is 0 Å². The van der Waals surface area contributed by atoms with Crippen LogP contribution in [0.15, 0.2) is 103 Å². The van der Waals surface area contributed by atoms with E-state index in [9.17, 15) is 0 Å². The fraction of sp³-hybridized carbons (Fsp3) is 0.143. The van der Waals surface area contributed by atoms with Gasteiger partial charge in [-0.3, -0.25) is 0 Å². The topological polar surface area (TPSA) is 21.7 Å². The molecule has 3 heteroatoms. The summed E-state index contributed by atoms with van der Waals surface area (Å²) in [6.07, 6.45) is 0. The van der Waals surface area contributed by atoms with E-state index in [0.717, 1.165) is 28.2 Å². The standard InChI is InChI=1S/C28H27NO2/c1-30-20-22-8-14-26(15-9-22)29(27-16-10-23(11-17-27)21-31-2)28-18-12-25(13-19-28)24-6-4-3-5-7-24/h3-19H,20-21H2,1-2H3. The molecule has 0 unspecified atom stereocenters. The minimum Gasteiger partial charge on any atom is -0.380 e. The van der Waals surface area contributed by atoms with E-state index in [2.05, 4.69) is 102 Å². The maximum absolute atomic E-state index is 5.26.